The average molecular weight is 256 g/mol. The summed E-state index contributed by atoms with van der Waals surface area (Å²) in [5, 5.41) is 4.64. The molecule has 2 nitrogen and oxygen atoms in total. The van der Waals surface area contributed by atoms with Crippen molar-refractivity contribution in [2.45, 2.75) is 50.8 Å². The number of nitrogens with zero attached hydrogens (tertiary/aromatic N) is 1. The summed E-state index contributed by atoms with van der Waals surface area (Å²) in [6, 6.07) is 0.766. The van der Waals surface area contributed by atoms with Gasteiger partial charge in [0.1, 0.15) is 0 Å². The molecule has 17 heavy (non-hydrogen) atoms. The van der Waals surface area contributed by atoms with Gasteiger partial charge in [0.2, 0.25) is 0 Å². The van der Waals surface area contributed by atoms with Gasteiger partial charge in [0, 0.05) is 24.4 Å². The van der Waals surface area contributed by atoms with Crippen LogP contribution in [-0.4, -0.2) is 48.1 Å². The van der Waals surface area contributed by atoms with E-state index in [9.17, 15) is 0 Å². The molecule has 2 aliphatic heterocycles. The molecule has 0 bridgehead atoms. The highest BCUT2D eigenvalue weighted by atomic mass is 32.2. The Labute approximate surface area is 111 Å². The summed E-state index contributed by atoms with van der Waals surface area (Å²) in [7, 11) is 0. The molecule has 0 aromatic carbocycles. The summed E-state index contributed by atoms with van der Waals surface area (Å²) in [4.78, 5) is 2.71. The van der Waals surface area contributed by atoms with Crippen molar-refractivity contribution in [3.63, 3.8) is 0 Å². The molecular weight excluding hydrogens is 228 g/mol. The van der Waals surface area contributed by atoms with Crippen LogP contribution in [0.4, 0.5) is 0 Å². The van der Waals surface area contributed by atoms with E-state index in [1.54, 1.807) is 0 Å². The highest BCUT2D eigenvalue weighted by Gasteiger charge is 2.27. The largest absolute Gasteiger partial charge is 0.314 e. The summed E-state index contributed by atoms with van der Waals surface area (Å²) < 4.78 is 0. The molecule has 0 spiro atoms. The fourth-order valence-corrected chi connectivity index (χ4v) is 4.42. The Bertz CT molecular complexity index is 216. The van der Waals surface area contributed by atoms with Crippen LogP contribution in [0.15, 0.2) is 0 Å². The lowest BCUT2D eigenvalue weighted by Crippen LogP contribution is -2.49. The second-order valence-corrected chi connectivity index (χ2v) is 7.13. The molecule has 0 radical (unpaired) electrons. The zero-order valence-electron chi connectivity index (χ0n) is 11.5. The molecule has 0 saturated carbocycles. The Kier molecular flexibility index (Phi) is 5.64. The molecule has 3 atom stereocenters. The van der Waals surface area contributed by atoms with E-state index in [0.717, 1.165) is 17.2 Å². The SMILES string of the molecule is CCCNC1CCN(CC2CCCS2)CC1C. The van der Waals surface area contributed by atoms with Crippen molar-refractivity contribution in [3.8, 4) is 0 Å². The van der Waals surface area contributed by atoms with Crippen LogP contribution >= 0.6 is 11.8 Å². The Morgan fingerprint density at radius 1 is 1.35 bits per heavy atom. The van der Waals surface area contributed by atoms with Crippen molar-refractivity contribution in [1.82, 2.24) is 10.2 Å². The molecule has 2 saturated heterocycles. The Balaban J connectivity index is 1.70. The Morgan fingerprint density at radius 2 is 2.24 bits per heavy atom. The molecular formula is C14H28N2S. The summed E-state index contributed by atoms with van der Waals surface area (Å²) >= 11 is 2.19. The number of hydrogen-bond acceptors (Lipinski definition) is 3. The topological polar surface area (TPSA) is 15.3 Å². The fourth-order valence-electron chi connectivity index (χ4n) is 3.11. The first-order valence-electron chi connectivity index (χ1n) is 7.37. The van der Waals surface area contributed by atoms with Crippen LogP contribution < -0.4 is 5.32 Å². The summed E-state index contributed by atoms with van der Waals surface area (Å²) in [6.07, 6.45) is 5.50. The quantitative estimate of drug-likeness (QED) is 0.814. The van der Waals surface area contributed by atoms with Gasteiger partial charge in [-0.2, -0.15) is 11.8 Å². The first-order chi connectivity index (χ1) is 8.29. The van der Waals surface area contributed by atoms with Gasteiger partial charge in [-0.25, -0.2) is 0 Å². The number of piperidine rings is 1. The van der Waals surface area contributed by atoms with Gasteiger partial charge >= 0.3 is 0 Å². The molecule has 2 aliphatic rings. The van der Waals surface area contributed by atoms with Gasteiger partial charge in [0.05, 0.1) is 0 Å². The van der Waals surface area contributed by atoms with Crippen LogP contribution in [0.1, 0.15) is 39.5 Å². The average Bonchev–Trinajstić information content (AvgIpc) is 2.81. The van der Waals surface area contributed by atoms with Crippen LogP contribution in [0, 0.1) is 5.92 Å². The molecule has 2 fully saturated rings. The van der Waals surface area contributed by atoms with E-state index in [-0.39, 0.29) is 0 Å². The second-order valence-electron chi connectivity index (χ2n) is 5.72. The van der Waals surface area contributed by atoms with Crippen LogP contribution in [0.25, 0.3) is 0 Å². The van der Waals surface area contributed by atoms with Crippen molar-refractivity contribution in [2.75, 3.05) is 31.9 Å². The van der Waals surface area contributed by atoms with Gasteiger partial charge in [0.15, 0.2) is 0 Å². The van der Waals surface area contributed by atoms with Crippen LogP contribution in [0.2, 0.25) is 0 Å². The highest BCUT2D eigenvalue weighted by molar-refractivity contribution is 8.00. The van der Waals surface area contributed by atoms with Crippen LogP contribution in [0.3, 0.4) is 0 Å². The van der Waals surface area contributed by atoms with E-state index in [1.807, 2.05) is 0 Å². The third-order valence-corrected chi connectivity index (χ3v) is 5.51. The lowest BCUT2D eigenvalue weighted by Gasteiger charge is -2.38. The van der Waals surface area contributed by atoms with Gasteiger partial charge in [0.25, 0.3) is 0 Å². The molecule has 1 N–H and O–H groups in total. The van der Waals surface area contributed by atoms with E-state index in [2.05, 4.69) is 35.8 Å². The first kappa shape index (κ1) is 13.7. The molecule has 2 heterocycles. The predicted octanol–water partition coefficient (Wildman–Crippen LogP) is 2.59. The maximum absolute atomic E-state index is 3.70. The highest BCUT2D eigenvalue weighted by Crippen LogP contribution is 2.28. The minimum Gasteiger partial charge on any atom is -0.314 e. The van der Waals surface area contributed by atoms with Crippen LogP contribution in [-0.2, 0) is 0 Å². The number of nitrogens with one attached hydrogen (secondary N) is 1. The van der Waals surface area contributed by atoms with E-state index in [4.69, 9.17) is 0 Å². The van der Waals surface area contributed by atoms with E-state index in [1.165, 1.54) is 57.6 Å². The molecule has 0 aromatic rings. The maximum Gasteiger partial charge on any atom is 0.0175 e. The van der Waals surface area contributed by atoms with E-state index >= 15 is 0 Å². The summed E-state index contributed by atoms with van der Waals surface area (Å²) in [6.45, 7) is 9.82. The van der Waals surface area contributed by atoms with Gasteiger partial charge in [-0.3, -0.25) is 0 Å². The third kappa shape index (κ3) is 4.15. The Hall–Kier alpha value is 0.270. The van der Waals surface area contributed by atoms with E-state index in [0.29, 0.717) is 0 Å². The zero-order chi connectivity index (χ0) is 12.1. The molecule has 3 unspecified atom stereocenters. The smallest absolute Gasteiger partial charge is 0.0175 e. The predicted molar refractivity (Wildman–Crippen MR) is 77.8 cm³/mol. The molecule has 3 heteroatoms. The first-order valence-corrected chi connectivity index (χ1v) is 8.41. The minimum absolute atomic E-state index is 0.766. The second kappa shape index (κ2) is 7.01. The monoisotopic (exact) mass is 256 g/mol. The minimum atomic E-state index is 0.766. The third-order valence-electron chi connectivity index (χ3n) is 4.13. The molecule has 100 valence electrons. The van der Waals surface area contributed by atoms with Crippen molar-refractivity contribution in [3.05, 3.63) is 0 Å². The molecule has 0 amide bonds. The van der Waals surface area contributed by atoms with Gasteiger partial charge in [-0.05, 0) is 50.4 Å². The fraction of sp³-hybridized carbons (Fsp3) is 1.00. The van der Waals surface area contributed by atoms with Gasteiger partial charge in [-0.15, -0.1) is 0 Å². The van der Waals surface area contributed by atoms with Gasteiger partial charge < -0.3 is 10.2 Å². The van der Waals surface area contributed by atoms with Crippen molar-refractivity contribution < 1.29 is 0 Å². The number of likely N-dealkylation sites (tertiary alicyclic amines) is 1. The number of hydrogen-bond donors (Lipinski definition) is 1. The lowest BCUT2D eigenvalue weighted by atomic mass is 9.93. The molecule has 2 rings (SSSR count). The summed E-state index contributed by atoms with van der Waals surface area (Å²) in [5.41, 5.74) is 0. The number of thioether (sulfide) groups is 1. The van der Waals surface area contributed by atoms with Crippen molar-refractivity contribution in [2.24, 2.45) is 5.92 Å². The Morgan fingerprint density at radius 3 is 2.88 bits per heavy atom. The summed E-state index contributed by atoms with van der Waals surface area (Å²) in [5.74, 6) is 2.22. The molecule has 0 aliphatic carbocycles. The van der Waals surface area contributed by atoms with Crippen LogP contribution in [0.5, 0.6) is 0 Å². The maximum atomic E-state index is 3.70. The van der Waals surface area contributed by atoms with Crippen molar-refractivity contribution >= 4 is 11.8 Å². The number of rotatable bonds is 5. The van der Waals surface area contributed by atoms with Crippen molar-refractivity contribution in [1.29, 1.82) is 0 Å². The standard InChI is InChI=1S/C14H28N2S/c1-3-7-15-14-6-8-16(10-12(14)2)11-13-5-4-9-17-13/h12-15H,3-11H2,1-2H3. The van der Waals surface area contributed by atoms with E-state index < -0.39 is 0 Å². The lowest BCUT2D eigenvalue weighted by molar-refractivity contribution is 0.148. The molecule has 0 aromatic heterocycles. The normalized spacial score (nSPS) is 35.3. The zero-order valence-corrected chi connectivity index (χ0v) is 12.3. The van der Waals surface area contributed by atoms with Gasteiger partial charge in [-0.1, -0.05) is 13.8 Å².